The summed E-state index contributed by atoms with van der Waals surface area (Å²) in [6, 6.07) is 0. The van der Waals surface area contributed by atoms with Gasteiger partial charge in [-0.25, -0.2) is 0 Å². The molecule has 0 N–H and O–H groups in total. The van der Waals surface area contributed by atoms with Gasteiger partial charge in [-0.2, -0.15) is 0 Å². The van der Waals surface area contributed by atoms with E-state index in [9.17, 15) is 3.87 Å². The summed E-state index contributed by atoms with van der Waals surface area (Å²) in [6.07, 6.45) is 0. The SMILES string of the molecule is C=[CH][Co](=[O])[CH2][SiH2]C. The van der Waals surface area contributed by atoms with Crippen molar-refractivity contribution in [2.24, 2.45) is 0 Å². The zero-order valence-corrected chi connectivity index (χ0v) is 6.90. The minimum absolute atomic E-state index is 0.000432. The van der Waals surface area contributed by atoms with Crippen molar-refractivity contribution in [2.75, 3.05) is 0 Å². The van der Waals surface area contributed by atoms with E-state index in [4.69, 9.17) is 0 Å². The molecule has 0 rings (SSSR count). The van der Waals surface area contributed by atoms with Gasteiger partial charge in [0.1, 0.15) is 0 Å². The van der Waals surface area contributed by atoms with Crippen molar-refractivity contribution in [3.8, 4) is 0 Å². The molecule has 0 aliphatic heterocycles. The van der Waals surface area contributed by atoms with Crippen LogP contribution in [0, 0.1) is 0 Å². The zero-order chi connectivity index (χ0) is 5.70. The van der Waals surface area contributed by atoms with Crippen molar-refractivity contribution < 1.29 is 17.5 Å². The molecule has 0 fully saturated rings. The van der Waals surface area contributed by atoms with Gasteiger partial charge in [-0.1, -0.05) is 0 Å². The predicted molar refractivity (Wildman–Crippen MR) is 30.1 cm³/mol. The van der Waals surface area contributed by atoms with E-state index in [0.29, 0.717) is 0 Å². The van der Waals surface area contributed by atoms with Crippen molar-refractivity contribution in [3.05, 3.63) is 11.6 Å². The van der Waals surface area contributed by atoms with Gasteiger partial charge >= 0.3 is 50.1 Å². The maximum absolute atomic E-state index is 10.5. The summed E-state index contributed by atoms with van der Waals surface area (Å²) in [7, 11) is -0.000432. The molecule has 0 saturated heterocycles. The first kappa shape index (κ1) is 7.26. The monoisotopic (exact) mass is 161 g/mol. The van der Waals surface area contributed by atoms with E-state index in [1.165, 1.54) is 0 Å². The van der Waals surface area contributed by atoms with Crippen LogP contribution in [0.2, 0.25) is 11.5 Å². The van der Waals surface area contributed by atoms with Crippen LogP contribution < -0.4 is 0 Å². The fourth-order valence-corrected chi connectivity index (χ4v) is 2.87. The second kappa shape index (κ2) is 4.42. The Morgan fingerprint density at radius 2 is 2.57 bits per heavy atom. The van der Waals surface area contributed by atoms with Crippen LogP contribution in [0.1, 0.15) is 0 Å². The standard InChI is InChI=1S/C2H7Si.C2H3.Co.O/c1-3-2;1-2;;/h1,3H2,2H3;1H,2H2;;. The topological polar surface area (TPSA) is 17.1 Å². The van der Waals surface area contributed by atoms with E-state index in [2.05, 4.69) is 13.1 Å². The fraction of sp³-hybridized carbons (Fsp3) is 0.500. The quantitative estimate of drug-likeness (QED) is 0.556. The van der Waals surface area contributed by atoms with Gasteiger partial charge in [-0.05, 0) is 0 Å². The predicted octanol–water partition coefficient (Wildman–Crippen LogP) is 0.686. The fourth-order valence-electron chi connectivity index (χ4n) is 0.232. The van der Waals surface area contributed by atoms with Gasteiger partial charge in [0.25, 0.3) is 0 Å². The molecule has 0 aliphatic rings. The molecule has 0 radical (unpaired) electrons. The molecule has 45 valence electrons. The molecule has 0 heterocycles. The summed E-state index contributed by atoms with van der Waals surface area (Å²) in [5.41, 5.74) is 0. The summed E-state index contributed by atoms with van der Waals surface area (Å²) in [5.74, 6) is 0. The number of hydrogen-bond acceptors (Lipinski definition) is 1. The molecule has 0 aliphatic carbocycles. The summed E-state index contributed by atoms with van der Waals surface area (Å²) in [4.78, 5) is 0.927. The Morgan fingerprint density at radius 3 is 2.71 bits per heavy atom. The van der Waals surface area contributed by atoms with Crippen LogP contribution in [0.3, 0.4) is 0 Å². The number of hydrogen-bond donors (Lipinski definition) is 0. The van der Waals surface area contributed by atoms with Crippen LogP contribution in [0.5, 0.6) is 0 Å². The molecule has 0 bridgehead atoms. The third kappa shape index (κ3) is 4.11. The Balaban J connectivity index is 3.17. The molecule has 0 amide bonds. The first-order valence-electron chi connectivity index (χ1n) is 2.18. The maximum atomic E-state index is 10.5. The van der Waals surface area contributed by atoms with Crippen LogP contribution in [0.25, 0.3) is 0 Å². The van der Waals surface area contributed by atoms with Gasteiger partial charge in [0.05, 0.1) is 0 Å². The van der Waals surface area contributed by atoms with E-state index in [-0.39, 0.29) is 9.52 Å². The Kier molecular flexibility index (Phi) is 4.59. The van der Waals surface area contributed by atoms with Gasteiger partial charge in [0.15, 0.2) is 0 Å². The molecular weight excluding hydrogens is 151 g/mol. The summed E-state index contributed by atoms with van der Waals surface area (Å²) < 4.78 is 10.5. The zero-order valence-electron chi connectivity index (χ0n) is 4.44. The van der Waals surface area contributed by atoms with E-state index < -0.39 is 13.6 Å². The average Bonchev–Trinajstić information content (AvgIpc) is 1.68. The Bertz CT molecular complexity index is 81.8. The summed E-state index contributed by atoms with van der Waals surface area (Å²) in [5, 5.41) is 1.55. The third-order valence-electron chi connectivity index (χ3n) is 0.483. The third-order valence-corrected chi connectivity index (χ3v) is 4.72. The summed E-state index contributed by atoms with van der Waals surface area (Å²) in [6.45, 7) is 5.57. The molecule has 0 unspecified atom stereocenters. The average molecular weight is 161 g/mol. The molecule has 0 atom stereocenters. The van der Waals surface area contributed by atoms with Gasteiger partial charge < -0.3 is 0 Å². The van der Waals surface area contributed by atoms with Crippen LogP contribution in [-0.2, 0) is 17.5 Å². The van der Waals surface area contributed by atoms with Gasteiger partial charge in [0.2, 0.25) is 0 Å². The Labute approximate surface area is 50.6 Å². The molecule has 0 aromatic carbocycles. The molecule has 7 heavy (non-hydrogen) atoms. The van der Waals surface area contributed by atoms with Gasteiger partial charge in [-0.3, -0.25) is 0 Å². The molecule has 1 nitrogen and oxygen atoms in total. The molecule has 0 saturated carbocycles. The molecule has 3 heteroatoms. The van der Waals surface area contributed by atoms with E-state index >= 15 is 0 Å². The Morgan fingerprint density at radius 1 is 2.00 bits per heavy atom. The molecule has 0 aromatic rings. The second-order valence-electron chi connectivity index (χ2n) is 1.11. The van der Waals surface area contributed by atoms with Crippen LogP contribution in [-0.4, -0.2) is 9.52 Å². The van der Waals surface area contributed by atoms with Crippen LogP contribution in [0.4, 0.5) is 0 Å². The van der Waals surface area contributed by atoms with Crippen molar-refractivity contribution in [2.45, 2.75) is 11.5 Å². The molecule has 0 spiro atoms. The Hall–Kier alpha value is 0.263. The van der Waals surface area contributed by atoms with E-state index in [0.717, 1.165) is 4.98 Å². The van der Waals surface area contributed by atoms with Crippen LogP contribution >= 0.6 is 0 Å². The van der Waals surface area contributed by atoms with Gasteiger partial charge in [-0.15, -0.1) is 0 Å². The van der Waals surface area contributed by atoms with Crippen molar-refractivity contribution in [3.63, 3.8) is 0 Å². The first-order valence-corrected chi connectivity index (χ1v) is 6.36. The first-order chi connectivity index (χ1) is 3.31. The normalized spacial score (nSPS) is 12.4. The molecular formula is C4H10CoOSi. The minimum atomic E-state index is -0.984. The number of rotatable bonds is 3. The second-order valence-corrected chi connectivity index (χ2v) is 5.40. The van der Waals surface area contributed by atoms with Crippen molar-refractivity contribution in [1.82, 2.24) is 0 Å². The van der Waals surface area contributed by atoms with Gasteiger partial charge in [0, 0.05) is 0 Å². The molecule has 0 aromatic heterocycles. The summed E-state index contributed by atoms with van der Waals surface area (Å²) >= 11 is -0.984. The van der Waals surface area contributed by atoms with Crippen LogP contribution in [0.15, 0.2) is 11.6 Å². The van der Waals surface area contributed by atoms with Crippen molar-refractivity contribution >= 4 is 9.52 Å². The van der Waals surface area contributed by atoms with Crippen molar-refractivity contribution in [1.29, 1.82) is 0 Å². The van der Waals surface area contributed by atoms with E-state index in [1.54, 1.807) is 5.01 Å². The van der Waals surface area contributed by atoms with E-state index in [1.807, 2.05) is 0 Å².